The minimum atomic E-state index is -0.524. The van der Waals surface area contributed by atoms with Crippen LogP contribution < -0.4 is 5.32 Å². The van der Waals surface area contributed by atoms with Gasteiger partial charge in [-0.3, -0.25) is 9.59 Å². The van der Waals surface area contributed by atoms with Crippen molar-refractivity contribution in [3.8, 4) is 0 Å². The highest BCUT2D eigenvalue weighted by Gasteiger charge is 2.29. The maximum Gasteiger partial charge on any atom is 0.256 e. The van der Waals surface area contributed by atoms with Crippen LogP contribution in [0.2, 0.25) is 0 Å². The number of carbonyl (C=O) groups excluding carboxylic acids is 2. The van der Waals surface area contributed by atoms with E-state index in [1.165, 1.54) is 12.1 Å². The molecule has 1 N–H and O–H groups in total. The van der Waals surface area contributed by atoms with Gasteiger partial charge in [-0.05, 0) is 43.0 Å². The Labute approximate surface area is 153 Å². The molecule has 1 heterocycles. The lowest BCUT2D eigenvalue weighted by Gasteiger charge is -2.32. The van der Waals surface area contributed by atoms with Crippen molar-refractivity contribution in [2.75, 3.05) is 13.1 Å². The van der Waals surface area contributed by atoms with Crippen molar-refractivity contribution in [2.24, 2.45) is 5.92 Å². The maximum atomic E-state index is 13.9. The molecule has 0 radical (unpaired) electrons. The number of nitrogens with zero attached hydrogens (tertiary/aromatic N) is 1. The molecule has 0 aromatic heterocycles. The number of likely N-dealkylation sites (tertiary alicyclic amines) is 1. The number of amides is 2. The Bertz CT molecular complexity index is 806. The van der Waals surface area contributed by atoms with Crippen LogP contribution >= 0.6 is 0 Å². The summed E-state index contributed by atoms with van der Waals surface area (Å²) in [5.41, 5.74) is 2.28. The molecule has 0 spiro atoms. The van der Waals surface area contributed by atoms with E-state index in [0.29, 0.717) is 19.6 Å². The normalized spacial score (nSPS) is 17.0. The topological polar surface area (TPSA) is 49.4 Å². The van der Waals surface area contributed by atoms with Crippen molar-refractivity contribution in [3.05, 3.63) is 71.0 Å². The van der Waals surface area contributed by atoms with Crippen LogP contribution in [0.3, 0.4) is 0 Å². The van der Waals surface area contributed by atoms with Gasteiger partial charge in [-0.15, -0.1) is 0 Å². The van der Waals surface area contributed by atoms with Crippen molar-refractivity contribution in [1.82, 2.24) is 10.2 Å². The number of nitrogens with one attached hydrogen (secondary N) is 1. The molecule has 2 aromatic rings. The molecule has 2 aromatic carbocycles. The van der Waals surface area contributed by atoms with E-state index in [1.54, 1.807) is 17.0 Å². The highest BCUT2D eigenvalue weighted by Crippen LogP contribution is 2.20. The molecule has 4 nitrogen and oxygen atoms in total. The van der Waals surface area contributed by atoms with Gasteiger partial charge in [0, 0.05) is 19.6 Å². The Kier molecular flexibility index (Phi) is 5.66. The molecule has 1 saturated heterocycles. The third-order valence-electron chi connectivity index (χ3n) is 4.90. The molecule has 1 aliphatic heterocycles. The van der Waals surface area contributed by atoms with Gasteiger partial charge in [-0.2, -0.15) is 0 Å². The predicted octanol–water partition coefficient (Wildman–Crippen LogP) is 3.30. The largest absolute Gasteiger partial charge is 0.352 e. The van der Waals surface area contributed by atoms with E-state index in [4.69, 9.17) is 0 Å². The molecule has 3 rings (SSSR count). The molecule has 1 atom stereocenters. The second-order valence-corrected chi connectivity index (χ2v) is 6.71. The Hall–Kier alpha value is -2.69. The summed E-state index contributed by atoms with van der Waals surface area (Å²) >= 11 is 0. The SMILES string of the molecule is Cc1ccccc1CNC(=O)[C@H]1CCCN(C(=O)c2ccccc2F)C1. The van der Waals surface area contributed by atoms with Crippen LogP contribution in [0.4, 0.5) is 4.39 Å². The van der Waals surface area contributed by atoms with Gasteiger partial charge in [0.05, 0.1) is 11.5 Å². The number of hydrogen-bond acceptors (Lipinski definition) is 2. The average molecular weight is 354 g/mol. The first-order valence-corrected chi connectivity index (χ1v) is 8.92. The van der Waals surface area contributed by atoms with E-state index in [-0.39, 0.29) is 23.3 Å². The molecule has 0 aliphatic carbocycles. The summed E-state index contributed by atoms with van der Waals surface area (Å²) in [4.78, 5) is 26.7. The fraction of sp³-hybridized carbons (Fsp3) is 0.333. The average Bonchev–Trinajstić information content (AvgIpc) is 2.67. The molecule has 2 amide bonds. The third-order valence-corrected chi connectivity index (χ3v) is 4.90. The van der Waals surface area contributed by atoms with Crippen molar-refractivity contribution in [2.45, 2.75) is 26.3 Å². The third kappa shape index (κ3) is 4.10. The fourth-order valence-corrected chi connectivity index (χ4v) is 3.32. The van der Waals surface area contributed by atoms with Gasteiger partial charge in [0.2, 0.25) is 5.91 Å². The van der Waals surface area contributed by atoms with Crippen molar-refractivity contribution >= 4 is 11.8 Å². The number of piperidine rings is 1. The molecule has 0 saturated carbocycles. The Morgan fingerprint density at radius 2 is 1.88 bits per heavy atom. The van der Waals surface area contributed by atoms with Crippen LogP contribution in [-0.4, -0.2) is 29.8 Å². The first-order chi connectivity index (χ1) is 12.6. The second-order valence-electron chi connectivity index (χ2n) is 6.71. The highest BCUT2D eigenvalue weighted by molar-refractivity contribution is 5.95. The van der Waals surface area contributed by atoms with Gasteiger partial charge in [-0.25, -0.2) is 4.39 Å². The van der Waals surface area contributed by atoms with E-state index in [9.17, 15) is 14.0 Å². The molecule has 1 aliphatic rings. The molecule has 0 unspecified atom stereocenters. The molecular formula is C21H23FN2O2. The number of halogens is 1. The van der Waals surface area contributed by atoms with Gasteiger partial charge >= 0.3 is 0 Å². The first kappa shape index (κ1) is 18.1. The van der Waals surface area contributed by atoms with E-state index in [2.05, 4.69) is 5.32 Å². The van der Waals surface area contributed by atoms with Crippen LogP contribution in [0.15, 0.2) is 48.5 Å². The number of carbonyl (C=O) groups is 2. The quantitative estimate of drug-likeness (QED) is 0.916. The standard InChI is InChI=1S/C21H23FN2O2/c1-15-7-2-3-8-16(15)13-23-20(25)17-9-6-12-24(14-17)21(26)18-10-4-5-11-19(18)22/h2-5,7-8,10-11,17H,6,9,12-14H2,1H3,(H,23,25)/t17-/m0/s1. The number of hydrogen-bond donors (Lipinski definition) is 1. The molecule has 5 heteroatoms. The van der Waals surface area contributed by atoms with Crippen LogP contribution in [0, 0.1) is 18.7 Å². The maximum absolute atomic E-state index is 13.9. The summed E-state index contributed by atoms with van der Waals surface area (Å²) in [5.74, 6) is -1.19. The van der Waals surface area contributed by atoms with Crippen molar-refractivity contribution < 1.29 is 14.0 Å². The Balaban J connectivity index is 1.61. The molecule has 1 fully saturated rings. The molecular weight excluding hydrogens is 331 g/mol. The Morgan fingerprint density at radius 1 is 1.15 bits per heavy atom. The van der Waals surface area contributed by atoms with E-state index in [0.717, 1.165) is 24.0 Å². The number of benzene rings is 2. The zero-order valence-corrected chi connectivity index (χ0v) is 14.9. The number of aryl methyl sites for hydroxylation is 1. The van der Waals surface area contributed by atoms with Gasteiger partial charge in [-0.1, -0.05) is 36.4 Å². The summed E-state index contributed by atoms with van der Waals surface area (Å²) in [7, 11) is 0. The zero-order chi connectivity index (χ0) is 18.5. The molecule has 0 bridgehead atoms. The summed E-state index contributed by atoms with van der Waals surface area (Å²) in [6, 6.07) is 13.9. The van der Waals surface area contributed by atoms with Crippen LogP contribution in [0.1, 0.15) is 34.3 Å². The summed E-state index contributed by atoms with van der Waals surface area (Å²) in [6.45, 7) is 3.36. The summed E-state index contributed by atoms with van der Waals surface area (Å²) in [6.07, 6.45) is 1.48. The molecule has 26 heavy (non-hydrogen) atoms. The second kappa shape index (κ2) is 8.13. The Morgan fingerprint density at radius 3 is 2.65 bits per heavy atom. The highest BCUT2D eigenvalue weighted by atomic mass is 19.1. The zero-order valence-electron chi connectivity index (χ0n) is 14.9. The van der Waals surface area contributed by atoms with E-state index in [1.807, 2.05) is 31.2 Å². The lowest BCUT2D eigenvalue weighted by atomic mass is 9.96. The fourth-order valence-electron chi connectivity index (χ4n) is 3.32. The summed E-state index contributed by atoms with van der Waals surface area (Å²) in [5, 5.41) is 2.97. The lowest BCUT2D eigenvalue weighted by Crippen LogP contribution is -2.45. The number of rotatable bonds is 4. The van der Waals surface area contributed by atoms with E-state index < -0.39 is 5.82 Å². The minimum absolute atomic E-state index is 0.0562. The summed E-state index contributed by atoms with van der Waals surface area (Å²) < 4.78 is 13.9. The van der Waals surface area contributed by atoms with Gasteiger partial charge in [0.25, 0.3) is 5.91 Å². The molecule has 136 valence electrons. The monoisotopic (exact) mass is 354 g/mol. The predicted molar refractivity (Wildman–Crippen MR) is 98.1 cm³/mol. The van der Waals surface area contributed by atoms with E-state index >= 15 is 0 Å². The van der Waals surface area contributed by atoms with Crippen molar-refractivity contribution in [1.29, 1.82) is 0 Å². The minimum Gasteiger partial charge on any atom is -0.352 e. The lowest BCUT2D eigenvalue weighted by molar-refractivity contribution is -0.126. The van der Waals surface area contributed by atoms with Crippen LogP contribution in [0.5, 0.6) is 0 Å². The van der Waals surface area contributed by atoms with Gasteiger partial charge in [0.15, 0.2) is 0 Å². The van der Waals surface area contributed by atoms with Crippen molar-refractivity contribution in [3.63, 3.8) is 0 Å². The van der Waals surface area contributed by atoms with Crippen LogP contribution in [-0.2, 0) is 11.3 Å². The van der Waals surface area contributed by atoms with Crippen LogP contribution in [0.25, 0.3) is 0 Å². The van der Waals surface area contributed by atoms with Gasteiger partial charge < -0.3 is 10.2 Å². The first-order valence-electron chi connectivity index (χ1n) is 8.92. The van der Waals surface area contributed by atoms with Gasteiger partial charge in [0.1, 0.15) is 5.82 Å². The smallest absolute Gasteiger partial charge is 0.256 e.